The first-order chi connectivity index (χ1) is 6.70. The molecule has 1 aliphatic heterocycles. The Bertz CT molecular complexity index is 322. The SMILES string of the molecule is O=C(O)CC1(Sc2ncn[nH]2)CNC1. The Balaban J connectivity index is 2.02. The highest BCUT2D eigenvalue weighted by molar-refractivity contribution is 8.00. The Morgan fingerprint density at radius 2 is 2.50 bits per heavy atom. The fraction of sp³-hybridized carbons (Fsp3) is 0.571. The van der Waals surface area contributed by atoms with Crippen molar-refractivity contribution in [2.45, 2.75) is 16.3 Å². The molecule has 76 valence electrons. The van der Waals surface area contributed by atoms with Crippen molar-refractivity contribution in [3.63, 3.8) is 0 Å². The van der Waals surface area contributed by atoms with E-state index in [-0.39, 0.29) is 11.2 Å². The Hall–Kier alpha value is -1.08. The maximum Gasteiger partial charge on any atom is 0.304 e. The van der Waals surface area contributed by atoms with Gasteiger partial charge >= 0.3 is 5.97 Å². The lowest BCUT2D eigenvalue weighted by Crippen LogP contribution is -2.58. The van der Waals surface area contributed by atoms with E-state index >= 15 is 0 Å². The molecule has 0 atom stereocenters. The van der Waals surface area contributed by atoms with Crippen LogP contribution in [0.1, 0.15) is 6.42 Å². The standard InChI is InChI=1S/C7H10N4O2S/c12-5(13)1-7(2-8-3-7)14-6-9-4-10-11-6/h4,8H,1-3H2,(H,12,13)(H,9,10,11). The lowest BCUT2D eigenvalue weighted by Gasteiger charge is -2.39. The van der Waals surface area contributed by atoms with Crippen LogP contribution < -0.4 is 5.32 Å². The first-order valence-corrected chi connectivity index (χ1v) is 4.99. The number of rotatable bonds is 4. The molecule has 1 saturated heterocycles. The van der Waals surface area contributed by atoms with E-state index < -0.39 is 5.97 Å². The number of aromatic nitrogens is 3. The summed E-state index contributed by atoms with van der Waals surface area (Å²) >= 11 is 1.44. The quantitative estimate of drug-likeness (QED) is 0.638. The molecule has 1 aromatic heterocycles. The number of thioether (sulfide) groups is 1. The molecule has 2 rings (SSSR count). The van der Waals surface area contributed by atoms with Gasteiger partial charge in [-0.1, -0.05) is 11.8 Å². The maximum absolute atomic E-state index is 10.6. The highest BCUT2D eigenvalue weighted by Gasteiger charge is 2.41. The van der Waals surface area contributed by atoms with E-state index in [4.69, 9.17) is 5.11 Å². The summed E-state index contributed by atoms with van der Waals surface area (Å²) in [5, 5.41) is 18.9. The second-order valence-electron chi connectivity index (χ2n) is 3.25. The lowest BCUT2D eigenvalue weighted by molar-refractivity contribution is -0.138. The summed E-state index contributed by atoms with van der Waals surface area (Å²) in [7, 11) is 0. The van der Waals surface area contributed by atoms with Gasteiger partial charge in [0.05, 0.1) is 11.2 Å². The summed E-state index contributed by atoms with van der Waals surface area (Å²) in [4.78, 5) is 14.6. The summed E-state index contributed by atoms with van der Waals surface area (Å²) in [6, 6.07) is 0. The molecule has 0 bridgehead atoms. The maximum atomic E-state index is 10.6. The van der Waals surface area contributed by atoms with Crippen LogP contribution in [0, 0.1) is 0 Å². The molecule has 6 nitrogen and oxygen atoms in total. The van der Waals surface area contributed by atoms with Gasteiger partial charge in [-0.15, -0.1) is 0 Å². The van der Waals surface area contributed by atoms with Crippen LogP contribution in [-0.4, -0.2) is 44.1 Å². The molecule has 1 aromatic rings. The molecule has 7 heteroatoms. The largest absolute Gasteiger partial charge is 0.481 e. The van der Waals surface area contributed by atoms with Crippen molar-refractivity contribution >= 4 is 17.7 Å². The fourth-order valence-corrected chi connectivity index (χ4v) is 2.51. The molecule has 1 fully saturated rings. The van der Waals surface area contributed by atoms with Crippen molar-refractivity contribution in [2.75, 3.05) is 13.1 Å². The number of carboxylic acids is 1. The van der Waals surface area contributed by atoms with Gasteiger partial charge < -0.3 is 10.4 Å². The number of nitrogens with one attached hydrogen (secondary N) is 2. The molecule has 2 heterocycles. The first kappa shape index (κ1) is 9.47. The van der Waals surface area contributed by atoms with Crippen molar-refractivity contribution in [2.24, 2.45) is 0 Å². The van der Waals surface area contributed by atoms with Crippen molar-refractivity contribution in [1.29, 1.82) is 0 Å². The van der Waals surface area contributed by atoms with Gasteiger partial charge in [-0.3, -0.25) is 9.89 Å². The van der Waals surface area contributed by atoms with Gasteiger partial charge in [0.2, 0.25) is 0 Å². The Kier molecular flexibility index (Phi) is 2.42. The van der Waals surface area contributed by atoms with E-state index in [0.29, 0.717) is 18.2 Å². The predicted molar refractivity (Wildman–Crippen MR) is 50.1 cm³/mol. The van der Waals surface area contributed by atoms with E-state index in [1.54, 1.807) is 0 Å². The average molecular weight is 214 g/mol. The van der Waals surface area contributed by atoms with E-state index in [9.17, 15) is 4.79 Å². The number of aliphatic carboxylic acids is 1. The summed E-state index contributed by atoms with van der Waals surface area (Å²) in [5.41, 5.74) is 0. The number of aromatic amines is 1. The number of nitrogens with zero attached hydrogens (tertiary/aromatic N) is 2. The van der Waals surface area contributed by atoms with Gasteiger partial charge in [-0.25, -0.2) is 4.98 Å². The molecule has 0 spiro atoms. The molecule has 3 N–H and O–H groups in total. The van der Waals surface area contributed by atoms with Crippen LogP contribution in [0.2, 0.25) is 0 Å². The van der Waals surface area contributed by atoms with Crippen molar-refractivity contribution in [3.8, 4) is 0 Å². The summed E-state index contributed by atoms with van der Waals surface area (Å²) in [5.74, 6) is -0.779. The second-order valence-corrected chi connectivity index (χ2v) is 4.71. The molecule has 0 radical (unpaired) electrons. The topological polar surface area (TPSA) is 90.9 Å². The number of carbonyl (C=O) groups is 1. The van der Waals surface area contributed by atoms with Crippen LogP contribution in [0.5, 0.6) is 0 Å². The van der Waals surface area contributed by atoms with Gasteiger partial charge in [0.15, 0.2) is 5.16 Å². The van der Waals surface area contributed by atoms with Crippen LogP contribution in [-0.2, 0) is 4.79 Å². The number of carboxylic acid groups (broad SMARTS) is 1. The van der Waals surface area contributed by atoms with E-state index in [1.807, 2.05) is 0 Å². The zero-order valence-electron chi connectivity index (χ0n) is 7.36. The molecular formula is C7H10N4O2S. The molecule has 0 amide bonds. The highest BCUT2D eigenvalue weighted by atomic mass is 32.2. The monoisotopic (exact) mass is 214 g/mol. The predicted octanol–water partition coefficient (Wildman–Crippen LogP) is -0.287. The molecule has 0 aliphatic carbocycles. The van der Waals surface area contributed by atoms with Gasteiger partial charge in [0.1, 0.15) is 6.33 Å². The Morgan fingerprint density at radius 3 is 2.93 bits per heavy atom. The molecule has 0 saturated carbocycles. The van der Waals surface area contributed by atoms with Crippen LogP contribution in [0.25, 0.3) is 0 Å². The summed E-state index contributed by atoms with van der Waals surface area (Å²) < 4.78 is -0.259. The third-order valence-electron chi connectivity index (χ3n) is 2.07. The van der Waals surface area contributed by atoms with Crippen LogP contribution in [0.15, 0.2) is 11.5 Å². The Morgan fingerprint density at radius 1 is 1.71 bits per heavy atom. The number of H-pyrrole nitrogens is 1. The smallest absolute Gasteiger partial charge is 0.304 e. The third-order valence-corrected chi connectivity index (χ3v) is 3.33. The van der Waals surface area contributed by atoms with Gasteiger partial charge in [0, 0.05) is 13.1 Å². The first-order valence-electron chi connectivity index (χ1n) is 4.17. The summed E-state index contributed by atoms with van der Waals surface area (Å²) in [6.45, 7) is 1.40. The molecule has 0 aromatic carbocycles. The lowest BCUT2D eigenvalue weighted by atomic mass is 9.98. The molecular weight excluding hydrogens is 204 g/mol. The van der Waals surface area contributed by atoms with E-state index in [1.165, 1.54) is 18.1 Å². The van der Waals surface area contributed by atoms with Crippen LogP contribution in [0.3, 0.4) is 0 Å². The Labute approximate surface area is 84.5 Å². The highest BCUT2D eigenvalue weighted by Crippen LogP contribution is 2.36. The average Bonchev–Trinajstić information content (AvgIpc) is 2.51. The van der Waals surface area contributed by atoms with Crippen LogP contribution in [0.4, 0.5) is 0 Å². The zero-order chi connectivity index (χ0) is 10.0. The van der Waals surface area contributed by atoms with Crippen molar-refractivity contribution in [1.82, 2.24) is 20.5 Å². The summed E-state index contributed by atoms with van der Waals surface area (Å²) in [6.07, 6.45) is 1.56. The van der Waals surface area contributed by atoms with E-state index in [0.717, 1.165) is 0 Å². The number of hydrogen-bond acceptors (Lipinski definition) is 5. The van der Waals surface area contributed by atoms with Crippen LogP contribution >= 0.6 is 11.8 Å². The minimum Gasteiger partial charge on any atom is -0.481 e. The molecule has 14 heavy (non-hydrogen) atoms. The molecule has 0 unspecified atom stereocenters. The third kappa shape index (κ3) is 1.88. The van der Waals surface area contributed by atoms with Gasteiger partial charge in [-0.05, 0) is 0 Å². The van der Waals surface area contributed by atoms with Crippen molar-refractivity contribution in [3.05, 3.63) is 6.33 Å². The van der Waals surface area contributed by atoms with E-state index in [2.05, 4.69) is 20.5 Å². The second kappa shape index (κ2) is 3.58. The normalized spacial score (nSPS) is 18.9. The van der Waals surface area contributed by atoms with Gasteiger partial charge in [0.25, 0.3) is 0 Å². The van der Waals surface area contributed by atoms with Gasteiger partial charge in [-0.2, -0.15) is 5.10 Å². The number of hydrogen-bond donors (Lipinski definition) is 3. The minimum absolute atomic E-state index is 0.144. The minimum atomic E-state index is -0.779. The van der Waals surface area contributed by atoms with Crippen molar-refractivity contribution < 1.29 is 9.90 Å². The fourth-order valence-electron chi connectivity index (χ4n) is 1.36. The molecule has 1 aliphatic rings. The zero-order valence-corrected chi connectivity index (χ0v) is 8.17.